The van der Waals surface area contributed by atoms with Gasteiger partial charge in [0.25, 0.3) is 0 Å². The van der Waals surface area contributed by atoms with Crippen LogP contribution < -0.4 is 10.2 Å². The van der Waals surface area contributed by atoms with Gasteiger partial charge in [-0.3, -0.25) is 0 Å². The highest BCUT2D eigenvalue weighted by molar-refractivity contribution is 5.48. The first-order valence-corrected chi connectivity index (χ1v) is 6.83. The van der Waals surface area contributed by atoms with Gasteiger partial charge in [0.1, 0.15) is 0 Å². The van der Waals surface area contributed by atoms with E-state index < -0.39 is 0 Å². The average molecular weight is 234 g/mol. The van der Waals surface area contributed by atoms with E-state index in [1.165, 1.54) is 11.3 Å². The maximum Gasteiger partial charge on any atom is 0.0367 e. The molecule has 1 N–H and O–H groups in total. The van der Waals surface area contributed by atoms with Crippen LogP contribution in [0.4, 0.5) is 5.69 Å². The summed E-state index contributed by atoms with van der Waals surface area (Å²) in [6.45, 7) is 12.9. The van der Waals surface area contributed by atoms with E-state index >= 15 is 0 Å². The van der Waals surface area contributed by atoms with E-state index in [1.54, 1.807) is 0 Å². The molecule has 0 atom stereocenters. The highest BCUT2D eigenvalue weighted by Gasteiger charge is 2.10. The van der Waals surface area contributed by atoms with E-state index in [-0.39, 0.29) is 0 Å². The Morgan fingerprint density at radius 3 is 2.00 bits per heavy atom. The van der Waals surface area contributed by atoms with Crippen LogP contribution in [0.25, 0.3) is 0 Å². The lowest BCUT2D eigenvalue weighted by Gasteiger charge is -2.29. The quantitative estimate of drug-likeness (QED) is 0.845. The van der Waals surface area contributed by atoms with Gasteiger partial charge in [-0.2, -0.15) is 0 Å². The largest absolute Gasteiger partial charge is 0.369 e. The van der Waals surface area contributed by atoms with Gasteiger partial charge in [0.2, 0.25) is 0 Å². The number of hydrogen-bond donors (Lipinski definition) is 1. The van der Waals surface area contributed by atoms with Gasteiger partial charge in [-0.15, -0.1) is 0 Å². The lowest BCUT2D eigenvalue weighted by Crippen LogP contribution is -2.43. The summed E-state index contributed by atoms with van der Waals surface area (Å²) in [7, 11) is 0. The SMILES string of the molecule is CC.CC(C)c1ccc(N2CCNCC2)cc1. The highest BCUT2D eigenvalue weighted by atomic mass is 15.2. The van der Waals surface area contributed by atoms with Crippen molar-refractivity contribution in [1.82, 2.24) is 5.32 Å². The molecule has 2 heteroatoms. The third-order valence-corrected chi connectivity index (χ3v) is 3.04. The number of nitrogens with zero attached hydrogens (tertiary/aromatic N) is 1. The molecule has 17 heavy (non-hydrogen) atoms. The molecule has 0 unspecified atom stereocenters. The van der Waals surface area contributed by atoms with Gasteiger partial charge in [0, 0.05) is 31.9 Å². The van der Waals surface area contributed by atoms with Crippen molar-refractivity contribution in [2.24, 2.45) is 0 Å². The van der Waals surface area contributed by atoms with Crippen molar-refractivity contribution in [1.29, 1.82) is 0 Å². The zero-order chi connectivity index (χ0) is 12.7. The molecule has 2 nitrogen and oxygen atoms in total. The third-order valence-electron chi connectivity index (χ3n) is 3.04. The first-order chi connectivity index (χ1) is 8.27. The fraction of sp³-hybridized carbons (Fsp3) is 0.600. The standard InChI is InChI=1S/C13H20N2.C2H6/c1-11(2)12-3-5-13(6-4-12)15-9-7-14-8-10-15;1-2/h3-6,11,14H,7-10H2,1-2H3;1-2H3. The van der Waals surface area contributed by atoms with Crippen LogP contribution in [-0.2, 0) is 0 Å². The summed E-state index contributed by atoms with van der Waals surface area (Å²) in [6, 6.07) is 9.01. The van der Waals surface area contributed by atoms with Crippen molar-refractivity contribution in [2.75, 3.05) is 31.1 Å². The van der Waals surface area contributed by atoms with E-state index in [9.17, 15) is 0 Å². The van der Waals surface area contributed by atoms with Crippen molar-refractivity contribution in [3.63, 3.8) is 0 Å². The minimum atomic E-state index is 0.627. The Kier molecular flexibility index (Phi) is 6.06. The first kappa shape index (κ1) is 14.0. The molecule has 0 bridgehead atoms. The van der Waals surface area contributed by atoms with Crippen LogP contribution in [0, 0.1) is 0 Å². The number of piperazine rings is 1. The Labute approximate surface area is 106 Å². The maximum absolute atomic E-state index is 3.37. The fourth-order valence-electron chi connectivity index (χ4n) is 1.99. The van der Waals surface area contributed by atoms with E-state index in [0.717, 1.165) is 26.2 Å². The van der Waals surface area contributed by atoms with Gasteiger partial charge in [-0.1, -0.05) is 39.8 Å². The molecule has 2 rings (SSSR count). The summed E-state index contributed by atoms with van der Waals surface area (Å²) in [5.74, 6) is 0.627. The molecule has 0 amide bonds. The lowest BCUT2D eigenvalue weighted by molar-refractivity contribution is 0.589. The van der Waals surface area contributed by atoms with E-state index in [0.29, 0.717) is 5.92 Å². The Balaban J connectivity index is 0.000000686. The zero-order valence-electron chi connectivity index (χ0n) is 11.7. The smallest absolute Gasteiger partial charge is 0.0367 e. The minimum Gasteiger partial charge on any atom is -0.369 e. The number of anilines is 1. The van der Waals surface area contributed by atoms with Crippen molar-refractivity contribution in [3.05, 3.63) is 29.8 Å². The molecule has 1 aliphatic rings. The Hall–Kier alpha value is -1.02. The summed E-state index contributed by atoms with van der Waals surface area (Å²) >= 11 is 0. The Morgan fingerprint density at radius 2 is 1.53 bits per heavy atom. The molecule has 1 fully saturated rings. The third kappa shape index (κ3) is 4.04. The van der Waals surface area contributed by atoms with Gasteiger partial charge in [-0.05, 0) is 23.6 Å². The number of benzene rings is 1. The predicted molar refractivity (Wildman–Crippen MR) is 77.0 cm³/mol. The highest BCUT2D eigenvalue weighted by Crippen LogP contribution is 2.20. The number of nitrogens with one attached hydrogen (secondary N) is 1. The topological polar surface area (TPSA) is 15.3 Å². The van der Waals surface area contributed by atoms with Crippen LogP contribution in [0.15, 0.2) is 24.3 Å². The molecule has 1 aromatic rings. The van der Waals surface area contributed by atoms with Gasteiger partial charge in [-0.25, -0.2) is 0 Å². The molecular formula is C15H26N2. The Bertz CT molecular complexity index is 297. The minimum absolute atomic E-state index is 0.627. The summed E-state index contributed by atoms with van der Waals surface area (Å²) in [6.07, 6.45) is 0. The Morgan fingerprint density at radius 1 is 1.00 bits per heavy atom. The molecule has 96 valence electrons. The van der Waals surface area contributed by atoms with E-state index in [1.807, 2.05) is 13.8 Å². The molecule has 0 aliphatic carbocycles. The molecule has 0 saturated carbocycles. The number of rotatable bonds is 2. The molecule has 1 heterocycles. The number of hydrogen-bond acceptors (Lipinski definition) is 2. The molecule has 1 aromatic carbocycles. The lowest BCUT2D eigenvalue weighted by atomic mass is 10.0. The van der Waals surface area contributed by atoms with Crippen LogP contribution in [0.1, 0.15) is 39.2 Å². The predicted octanol–water partition coefficient (Wildman–Crippen LogP) is 3.25. The van der Waals surface area contributed by atoms with Crippen molar-refractivity contribution >= 4 is 5.69 Å². The summed E-state index contributed by atoms with van der Waals surface area (Å²) in [5.41, 5.74) is 2.79. The second-order valence-electron chi connectivity index (χ2n) is 4.48. The summed E-state index contributed by atoms with van der Waals surface area (Å²) in [4.78, 5) is 2.45. The zero-order valence-corrected chi connectivity index (χ0v) is 11.7. The average Bonchev–Trinajstić information content (AvgIpc) is 2.42. The van der Waals surface area contributed by atoms with Crippen LogP contribution in [0.2, 0.25) is 0 Å². The monoisotopic (exact) mass is 234 g/mol. The second-order valence-corrected chi connectivity index (χ2v) is 4.48. The van der Waals surface area contributed by atoms with Crippen LogP contribution in [0.3, 0.4) is 0 Å². The molecule has 0 aromatic heterocycles. The maximum atomic E-state index is 3.37. The van der Waals surface area contributed by atoms with Gasteiger partial charge >= 0.3 is 0 Å². The van der Waals surface area contributed by atoms with Crippen LogP contribution in [0.5, 0.6) is 0 Å². The van der Waals surface area contributed by atoms with Gasteiger partial charge in [0.05, 0.1) is 0 Å². The second kappa shape index (κ2) is 7.33. The van der Waals surface area contributed by atoms with Crippen molar-refractivity contribution in [3.8, 4) is 0 Å². The summed E-state index contributed by atoms with van der Waals surface area (Å²) < 4.78 is 0. The molecule has 1 saturated heterocycles. The fourth-order valence-corrected chi connectivity index (χ4v) is 1.99. The molecule has 0 spiro atoms. The molecule has 1 aliphatic heterocycles. The van der Waals surface area contributed by atoms with Crippen molar-refractivity contribution < 1.29 is 0 Å². The molecule has 0 radical (unpaired) electrons. The van der Waals surface area contributed by atoms with Crippen LogP contribution >= 0.6 is 0 Å². The first-order valence-electron chi connectivity index (χ1n) is 6.83. The van der Waals surface area contributed by atoms with Crippen LogP contribution in [-0.4, -0.2) is 26.2 Å². The molecular weight excluding hydrogens is 208 g/mol. The van der Waals surface area contributed by atoms with Gasteiger partial charge in [0.15, 0.2) is 0 Å². The normalized spacial score (nSPS) is 15.5. The van der Waals surface area contributed by atoms with E-state index in [4.69, 9.17) is 0 Å². The van der Waals surface area contributed by atoms with E-state index in [2.05, 4.69) is 48.3 Å². The van der Waals surface area contributed by atoms with Gasteiger partial charge < -0.3 is 10.2 Å². The van der Waals surface area contributed by atoms with Crippen molar-refractivity contribution in [2.45, 2.75) is 33.6 Å². The summed E-state index contributed by atoms with van der Waals surface area (Å²) in [5, 5.41) is 3.37.